The molecule has 0 spiro atoms. The Hall–Kier alpha value is -2.54. The van der Waals surface area contributed by atoms with Crippen LogP contribution in [0.25, 0.3) is 5.69 Å². The topological polar surface area (TPSA) is 72.8 Å². The van der Waals surface area contributed by atoms with Gasteiger partial charge in [-0.2, -0.15) is 0 Å². The number of ketones is 1. The highest BCUT2D eigenvalue weighted by Gasteiger charge is 2.18. The lowest BCUT2D eigenvalue weighted by Gasteiger charge is -2.11. The minimum Gasteiger partial charge on any atom is -0.494 e. The normalized spacial score (nSPS) is 11.0. The third kappa shape index (κ3) is 4.47. The molecule has 28 heavy (non-hydrogen) atoms. The van der Waals surface area contributed by atoms with Crippen LogP contribution in [0.15, 0.2) is 35.5 Å². The summed E-state index contributed by atoms with van der Waals surface area (Å²) in [5.41, 5.74) is 3.72. The second-order valence-corrected chi connectivity index (χ2v) is 7.52. The van der Waals surface area contributed by atoms with Crippen LogP contribution in [0.2, 0.25) is 0 Å². The van der Waals surface area contributed by atoms with Crippen molar-refractivity contribution < 1.29 is 9.53 Å². The van der Waals surface area contributed by atoms with Gasteiger partial charge in [0.25, 0.3) is 0 Å². The minimum absolute atomic E-state index is 0.0807. The van der Waals surface area contributed by atoms with Crippen molar-refractivity contribution in [2.24, 2.45) is 0 Å². The number of aryl methyl sites for hydroxylation is 2. The molecule has 1 aromatic carbocycles. The Morgan fingerprint density at radius 2 is 1.96 bits per heavy atom. The molecule has 2 aromatic heterocycles. The quantitative estimate of drug-likeness (QED) is 0.423. The van der Waals surface area contributed by atoms with E-state index in [1.54, 1.807) is 0 Å². The summed E-state index contributed by atoms with van der Waals surface area (Å²) >= 11 is 1.37. The lowest BCUT2D eigenvalue weighted by Crippen LogP contribution is -2.06. The van der Waals surface area contributed by atoms with Gasteiger partial charge in [0.2, 0.25) is 5.16 Å². The number of aromatic amines is 1. The first-order valence-corrected chi connectivity index (χ1v) is 10.5. The highest BCUT2D eigenvalue weighted by Crippen LogP contribution is 2.25. The van der Waals surface area contributed by atoms with E-state index in [0.29, 0.717) is 17.5 Å². The van der Waals surface area contributed by atoms with E-state index in [-0.39, 0.29) is 5.78 Å². The second kappa shape index (κ2) is 9.10. The number of nitrogens with zero attached hydrogens (tertiary/aromatic N) is 3. The number of nitrogens with one attached hydrogen (secondary N) is 1. The Balaban J connectivity index is 1.73. The fourth-order valence-electron chi connectivity index (χ4n) is 3.20. The van der Waals surface area contributed by atoms with Crippen molar-refractivity contribution in [2.75, 3.05) is 12.4 Å². The van der Waals surface area contributed by atoms with Crippen LogP contribution in [0.5, 0.6) is 5.75 Å². The fourth-order valence-corrected chi connectivity index (χ4v) is 3.90. The number of ether oxygens (including phenoxy) is 1. The predicted molar refractivity (Wildman–Crippen MR) is 112 cm³/mol. The lowest BCUT2D eigenvalue weighted by atomic mass is 10.2. The molecule has 0 bridgehead atoms. The van der Waals surface area contributed by atoms with Crippen LogP contribution in [0.3, 0.4) is 0 Å². The molecule has 3 rings (SSSR count). The molecule has 6 nitrogen and oxygen atoms in total. The van der Waals surface area contributed by atoms with Gasteiger partial charge in [0.1, 0.15) is 11.6 Å². The minimum atomic E-state index is 0.0807. The van der Waals surface area contributed by atoms with Gasteiger partial charge in [-0.25, -0.2) is 4.98 Å². The molecule has 0 aliphatic heterocycles. The van der Waals surface area contributed by atoms with Gasteiger partial charge in [-0.1, -0.05) is 18.7 Å². The van der Waals surface area contributed by atoms with Crippen LogP contribution in [-0.4, -0.2) is 37.9 Å². The maximum atomic E-state index is 12.8. The Bertz CT molecular complexity index is 944. The van der Waals surface area contributed by atoms with Crippen molar-refractivity contribution in [3.63, 3.8) is 0 Å². The molecule has 3 aromatic rings. The van der Waals surface area contributed by atoms with Gasteiger partial charge in [0, 0.05) is 29.1 Å². The molecule has 0 aliphatic carbocycles. The molecular formula is C21H26N4O2S. The number of aromatic nitrogens is 4. The molecule has 0 saturated carbocycles. The van der Waals surface area contributed by atoms with Crippen molar-refractivity contribution in [1.29, 1.82) is 0 Å². The maximum Gasteiger partial charge on any atom is 0.208 e. The maximum absolute atomic E-state index is 12.8. The highest BCUT2D eigenvalue weighted by atomic mass is 32.2. The second-order valence-electron chi connectivity index (χ2n) is 6.57. The van der Waals surface area contributed by atoms with Gasteiger partial charge in [0.15, 0.2) is 5.78 Å². The van der Waals surface area contributed by atoms with E-state index in [2.05, 4.69) is 26.7 Å². The molecule has 7 heteroatoms. The Kier molecular flexibility index (Phi) is 6.57. The molecule has 0 saturated heterocycles. The van der Waals surface area contributed by atoms with E-state index in [1.807, 2.05) is 51.1 Å². The smallest absolute Gasteiger partial charge is 0.208 e. The van der Waals surface area contributed by atoms with Crippen molar-refractivity contribution in [3.8, 4) is 11.4 Å². The first kappa shape index (κ1) is 20.2. The zero-order valence-electron chi connectivity index (χ0n) is 16.8. The molecule has 148 valence electrons. The van der Waals surface area contributed by atoms with Crippen molar-refractivity contribution >= 4 is 17.5 Å². The molecular weight excluding hydrogens is 372 g/mol. The standard InChI is InChI=1S/C21H26N4O2S/c1-5-7-20-22-21(24-23-20)28-13-19(26)18-12-14(3)25(15(18)4)16-8-10-17(11-9-16)27-6-2/h8-12H,5-7,13H2,1-4H3,(H,22,23,24). The zero-order chi connectivity index (χ0) is 20.1. The average molecular weight is 399 g/mol. The molecule has 0 atom stereocenters. The van der Waals surface area contributed by atoms with Gasteiger partial charge in [-0.3, -0.25) is 9.89 Å². The summed E-state index contributed by atoms with van der Waals surface area (Å²) < 4.78 is 7.61. The lowest BCUT2D eigenvalue weighted by molar-refractivity contribution is 0.102. The van der Waals surface area contributed by atoms with Crippen LogP contribution in [-0.2, 0) is 6.42 Å². The highest BCUT2D eigenvalue weighted by molar-refractivity contribution is 7.99. The Labute approximate surface area is 169 Å². The molecule has 0 unspecified atom stereocenters. The Morgan fingerprint density at radius 1 is 1.21 bits per heavy atom. The van der Waals surface area contributed by atoms with Crippen LogP contribution >= 0.6 is 11.8 Å². The number of benzene rings is 1. The number of thioether (sulfide) groups is 1. The van der Waals surface area contributed by atoms with Gasteiger partial charge < -0.3 is 9.30 Å². The van der Waals surface area contributed by atoms with Crippen LogP contribution in [0.1, 0.15) is 47.8 Å². The number of carbonyl (C=O) groups excluding carboxylic acids is 1. The summed E-state index contributed by atoms with van der Waals surface area (Å²) in [6.07, 6.45) is 1.88. The molecule has 0 fully saturated rings. The number of carbonyl (C=O) groups is 1. The zero-order valence-corrected chi connectivity index (χ0v) is 17.6. The number of Topliss-reactive ketones (excluding diaryl/α,β-unsaturated/α-hetero) is 1. The van der Waals surface area contributed by atoms with Gasteiger partial charge in [0.05, 0.1) is 12.4 Å². The third-order valence-electron chi connectivity index (χ3n) is 4.47. The first-order chi connectivity index (χ1) is 13.5. The average Bonchev–Trinajstić information content (AvgIpc) is 3.25. The first-order valence-electron chi connectivity index (χ1n) is 9.53. The monoisotopic (exact) mass is 398 g/mol. The SMILES string of the molecule is CCCc1nc(SCC(=O)c2cc(C)n(-c3ccc(OCC)cc3)c2C)n[nH]1. The van der Waals surface area contributed by atoms with Crippen LogP contribution in [0, 0.1) is 13.8 Å². The van der Waals surface area contributed by atoms with Crippen molar-refractivity contribution in [1.82, 2.24) is 19.7 Å². The molecule has 0 amide bonds. The van der Waals surface area contributed by atoms with Crippen LogP contribution < -0.4 is 4.74 Å². The van der Waals surface area contributed by atoms with E-state index in [1.165, 1.54) is 11.8 Å². The van der Waals surface area contributed by atoms with E-state index in [0.717, 1.165) is 47.1 Å². The summed E-state index contributed by atoms with van der Waals surface area (Å²) in [6, 6.07) is 9.88. The molecule has 0 radical (unpaired) electrons. The predicted octanol–water partition coefficient (Wildman–Crippen LogP) is 4.54. The number of rotatable bonds is 9. The van der Waals surface area contributed by atoms with E-state index in [4.69, 9.17) is 4.74 Å². The number of hydrogen-bond acceptors (Lipinski definition) is 5. The largest absolute Gasteiger partial charge is 0.494 e. The molecule has 1 N–H and O–H groups in total. The summed E-state index contributed by atoms with van der Waals surface area (Å²) in [4.78, 5) is 17.2. The van der Waals surface area contributed by atoms with Gasteiger partial charge >= 0.3 is 0 Å². The number of hydrogen-bond donors (Lipinski definition) is 1. The molecule has 2 heterocycles. The molecule has 0 aliphatic rings. The Morgan fingerprint density at radius 3 is 2.64 bits per heavy atom. The van der Waals surface area contributed by atoms with E-state index in [9.17, 15) is 4.79 Å². The van der Waals surface area contributed by atoms with E-state index >= 15 is 0 Å². The number of H-pyrrole nitrogens is 1. The van der Waals surface area contributed by atoms with Gasteiger partial charge in [-0.15, -0.1) is 5.10 Å². The van der Waals surface area contributed by atoms with Crippen molar-refractivity contribution in [3.05, 3.63) is 53.1 Å². The fraction of sp³-hybridized carbons (Fsp3) is 0.381. The van der Waals surface area contributed by atoms with Crippen molar-refractivity contribution in [2.45, 2.75) is 45.7 Å². The third-order valence-corrected chi connectivity index (χ3v) is 5.32. The summed E-state index contributed by atoms with van der Waals surface area (Å²) in [7, 11) is 0. The summed E-state index contributed by atoms with van der Waals surface area (Å²) in [5.74, 6) is 2.11. The summed E-state index contributed by atoms with van der Waals surface area (Å²) in [5, 5.41) is 7.72. The van der Waals surface area contributed by atoms with Crippen LogP contribution in [0.4, 0.5) is 0 Å². The summed E-state index contributed by atoms with van der Waals surface area (Å²) in [6.45, 7) is 8.70. The van der Waals surface area contributed by atoms with E-state index < -0.39 is 0 Å². The van der Waals surface area contributed by atoms with Gasteiger partial charge in [-0.05, 0) is 57.5 Å².